The molecule has 4 aromatic rings. The molecule has 0 fully saturated rings. The molecule has 4 rings (SSSR count). The van der Waals surface area contributed by atoms with E-state index in [1.54, 1.807) is 36.4 Å². The van der Waals surface area contributed by atoms with E-state index >= 15 is 0 Å². The summed E-state index contributed by atoms with van der Waals surface area (Å²) in [6.45, 7) is 0. The van der Waals surface area contributed by atoms with Crippen LogP contribution in [-0.2, 0) is 10.0 Å². The monoisotopic (exact) mass is 505 g/mol. The first-order valence-electron chi connectivity index (χ1n) is 8.37. The van der Waals surface area contributed by atoms with Crippen LogP contribution in [0.15, 0.2) is 78.0 Å². The third-order valence-electron chi connectivity index (χ3n) is 4.23. The lowest BCUT2D eigenvalue weighted by atomic mass is 10.1. The number of hydrogen-bond donors (Lipinski definition) is 1. The van der Waals surface area contributed by atoms with Gasteiger partial charge in [0, 0.05) is 21.5 Å². The van der Waals surface area contributed by atoms with Gasteiger partial charge in [-0.1, -0.05) is 6.07 Å². The lowest BCUT2D eigenvalue weighted by Gasteiger charge is -2.13. The van der Waals surface area contributed by atoms with Crippen LogP contribution in [0.2, 0.25) is 0 Å². The Labute approximate surface area is 176 Å². The van der Waals surface area contributed by atoms with Crippen LogP contribution in [-0.4, -0.2) is 24.9 Å². The Morgan fingerprint density at radius 1 is 1.07 bits per heavy atom. The summed E-state index contributed by atoms with van der Waals surface area (Å²) in [5.41, 5.74) is 2.69. The normalized spacial score (nSPS) is 11.5. The first kappa shape index (κ1) is 18.8. The van der Waals surface area contributed by atoms with Gasteiger partial charge < -0.3 is 9.14 Å². The highest BCUT2D eigenvalue weighted by atomic mass is 127. The number of anilines is 1. The van der Waals surface area contributed by atoms with E-state index in [9.17, 15) is 8.42 Å². The van der Waals surface area contributed by atoms with E-state index in [-0.39, 0.29) is 4.90 Å². The topological polar surface area (TPSA) is 72.7 Å². The molecule has 8 heteroatoms. The van der Waals surface area contributed by atoms with Crippen LogP contribution >= 0.6 is 22.6 Å². The summed E-state index contributed by atoms with van der Waals surface area (Å²) in [7, 11) is -2.24. The molecule has 0 aliphatic rings. The molecular weight excluding hydrogens is 489 g/mol. The van der Waals surface area contributed by atoms with Crippen LogP contribution in [0, 0.1) is 3.57 Å². The first-order chi connectivity index (χ1) is 13.5. The van der Waals surface area contributed by atoms with Gasteiger partial charge in [0.25, 0.3) is 10.0 Å². The van der Waals surface area contributed by atoms with Gasteiger partial charge in [0.1, 0.15) is 11.4 Å². The number of benzene rings is 2. The van der Waals surface area contributed by atoms with Gasteiger partial charge in [-0.3, -0.25) is 4.72 Å². The molecule has 0 radical (unpaired) electrons. The zero-order chi connectivity index (χ0) is 19.7. The molecule has 0 saturated heterocycles. The number of fused-ring (bicyclic) bond motifs is 1. The minimum absolute atomic E-state index is 0.188. The average molecular weight is 505 g/mol. The van der Waals surface area contributed by atoms with Gasteiger partial charge in [0.2, 0.25) is 0 Å². The van der Waals surface area contributed by atoms with Gasteiger partial charge in [-0.2, -0.15) is 0 Å². The Hall–Kier alpha value is -2.59. The molecule has 2 aromatic heterocycles. The van der Waals surface area contributed by atoms with Crippen LogP contribution in [0.4, 0.5) is 5.69 Å². The van der Waals surface area contributed by atoms with Crippen molar-refractivity contribution in [3.63, 3.8) is 0 Å². The molecule has 0 saturated carbocycles. The van der Waals surface area contributed by atoms with E-state index in [1.165, 1.54) is 7.11 Å². The SMILES string of the molecule is COc1ccc(-c2cn3ccccc3n2)cc1NS(=O)(=O)c1ccc(I)cc1. The summed E-state index contributed by atoms with van der Waals surface area (Å²) in [5, 5.41) is 0. The number of halogens is 1. The summed E-state index contributed by atoms with van der Waals surface area (Å²) in [4.78, 5) is 4.78. The van der Waals surface area contributed by atoms with Crippen LogP contribution in [0.3, 0.4) is 0 Å². The lowest BCUT2D eigenvalue weighted by Crippen LogP contribution is -2.13. The standard InChI is InChI=1S/C20H16IN3O3S/c1-27-19-10-5-14(18-13-24-11-3-2-4-20(24)22-18)12-17(19)23-28(25,26)16-8-6-15(21)7-9-16/h2-13,23H,1H3. The highest BCUT2D eigenvalue weighted by Crippen LogP contribution is 2.32. The summed E-state index contributed by atoms with van der Waals surface area (Å²) < 4.78 is 36.4. The lowest BCUT2D eigenvalue weighted by molar-refractivity contribution is 0.417. The zero-order valence-electron chi connectivity index (χ0n) is 14.8. The van der Waals surface area contributed by atoms with Gasteiger partial charge in [-0.15, -0.1) is 0 Å². The fourth-order valence-electron chi connectivity index (χ4n) is 2.84. The summed E-state index contributed by atoms with van der Waals surface area (Å²) >= 11 is 2.13. The number of methoxy groups -OCH3 is 1. The second-order valence-electron chi connectivity index (χ2n) is 6.07. The molecule has 0 aliphatic carbocycles. The third kappa shape index (κ3) is 3.69. The smallest absolute Gasteiger partial charge is 0.262 e. The Morgan fingerprint density at radius 2 is 1.86 bits per heavy atom. The van der Waals surface area contributed by atoms with Crippen molar-refractivity contribution in [1.82, 2.24) is 9.38 Å². The van der Waals surface area contributed by atoms with Gasteiger partial charge in [-0.05, 0) is 77.2 Å². The highest BCUT2D eigenvalue weighted by molar-refractivity contribution is 14.1. The zero-order valence-corrected chi connectivity index (χ0v) is 17.8. The van der Waals surface area contributed by atoms with E-state index in [2.05, 4.69) is 32.3 Å². The second kappa shape index (κ2) is 7.44. The Morgan fingerprint density at radius 3 is 2.57 bits per heavy atom. The molecule has 0 spiro atoms. The predicted molar refractivity (Wildman–Crippen MR) is 117 cm³/mol. The van der Waals surface area contributed by atoms with Crippen LogP contribution < -0.4 is 9.46 Å². The van der Waals surface area contributed by atoms with Crippen molar-refractivity contribution in [1.29, 1.82) is 0 Å². The number of ether oxygens (including phenoxy) is 1. The Bertz CT molecular complexity index is 1220. The van der Waals surface area contributed by atoms with Gasteiger partial charge in [-0.25, -0.2) is 13.4 Å². The van der Waals surface area contributed by atoms with Crippen molar-refractivity contribution in [2.75, 3.05) is 11.8 Å². The minimum atomic E-state index is -3.75. The first-order valence-corrected chi connectivity index (χ1v) is 10.9. The molecule has 28 heavy (non-hydrogen) atoms. The molecule has 0 unspecified atom stereocenters. The maximum Gasteiger partial charge on any atom is 0.262 e. The number of imidazole rings is 1. The molecule has 2 heterocycles. The minimum Gasteiger partial charge on any atom is -0.495 e. The number of pyridine rings is 1. The number of hydrogen-bond acceptors (Lipinski definition) is 4. The summed E-state index contributed by atoms with van der Waals surface area (Å²) in [6.07, 6.45) is 3.81. The van der Waals surface area contributed by atoms with Crippen molar-refractivity contribution < 1.29 is 13.2 Å². The number of sulfonamides is 1. The molecule has 0 bridgehead atoms. The third-order valence-corrected chi connectivity index (χ3v) is 6.33. The predicted octanol–water partition coefficient (Wildman–Crippen LogP) is 4.42. The van der Waals surface area contributed by atoms with Crippen molar-refractivity contribution in [2.45, 2.75) is 4.90 Å². The van der Waals surface area contributed by atoms with Crippen molar-refractivity contribution in [3.05, 3.63) is 76.6 Å². The Balaban J connectivity index is 1.73. The quantitative estimate of drug-likeness (QED) is 0.408. The van der Waals surface area contributed by atoms with Gasteiger partial charge >= 0.3 is 0 Å². The van der Waals surface area contributed by atoms with E-state index in [0.717, 1.165) is 20.5 Å². The number of rotatable bonds is 5. The molecular formula is C20H16IN3O3S. The number of aromatic nitrogens is 2. The van der Waals surface area contributed by atoms with E-state index in [4.69, 9.17) is 4.74 Å². The maximum absolute atomic E-state index is 12.8. The molecule has 6 nitrogen and oxygen atoms in total. The molecule has 0 aliphatic heterocycles. The molecule has 0 amide bonds. The fourth-order valence-corrected chi connectivity index (χ4v) is 4.26. The van der Waals surface area contributed by atoms with Gasteiger partial charge in [0.05, 0.1) is 23.4 Å². The summed E-state index contributed by atoms with van der Waals surface area (Å²) in [6, 6.07) is 17.7. The highest BCUT2D eigenvalue weighted by Gasteiger charge is 2.17. The molecule has 2 aromatic carbocycles. The Kier molecular flexibility index (Phi) is 4.98. The molecule has 142 valence electrons. The fraction of sp³-hybridized carbons (Fsp3) is 0.0500. The van der Waals surface area contributed by atoms with Gasteiger partial charge in [0.15, 0.2) is 0 Å². The summed E-state index contributed by atoms with van der Waals surface area (Å²) in [5.74, 6) is 0.432. The van der Waals surface area contributed by atoms with E-state index < -0.39 is 10.0 Å². The average Bonchev–Trinajstić information content (AvgIpc) is 3.12. The molecule has 1 N–H and O–H groups in total. The van der Waals surface area contributed by atoms with Crippen molar-refractivity contribution >= 4 is 43.9 Å². The van der Waals surface area contributed by atoms with Crippen LogP contribution in [0.5, 0.6) is 5.75 Å². The maximum atomic E-state index is 12.8. The van der Waals surface area contributed by atoms with Crippen LogP contribution in [0.1, 0.15) is 0 Å². The number of nitrogens with zero attached hydrogens (tertiary/aromatic N) is 2. The molecule has 0 atom stereocenters. The van der Waals surface area contributed by atoms with Crippen molar-refractivity contribution in [3.8, 4) is 17.0 Å². The second-order valence-corrected chi connectivity index (χ2v) is 8.99. The van der Waals surface area contributed by atoms with E-state index in [0.29, 0.717) is 11.4 Å². The van der Waals surface area contributed by atoms with E-state index in [1.807, 2.05) is 41.1 Å². The van der Waals surface area contributed by atoms with Crippen LogP contribution in [0.25, 0.3) is 16.9 Å². The number of nitrogens with one attached hydrogen (secondary N) is 1. The largest absolute Gasteiger partial charge is 0.495 e. The van der Waals surface area contributed by atoms with Crippen molar-refractivity contribution in [2.24, 2.45) is 0 Å².